The third-order valence-corrected chi connectivity index (χ3v) is 5.55. The summed E-state index contributed by atoms with van der Waals surface area (Å²) in [6, 6.07) is 0. The molecule has 3 rings (SSSR count). The van der Waals surface area contributed by atoms with E-state index in [0.29, 0.717) is 16.1 Å². The summed E-state index contributed by atoms with van der Waals surface area (Å²) in [6.07, 6.45) is 3.25. The Kier molecular flexibility index (Phi) is 2.94. The zero-order valence-corrected chi connectivity index (χ0v) is 13.1. The zero-order valence-electron chi connectivity index (χ0n) is 11.4. The Morgan fingerprint density at radius 2 is 2.05 bits per heavy atom. The highest BCUT2D eigenvalue weighted by Gasteiger charge is 2.31. The fourth-order valence-electron chi connectivity index (χ4n) is 2.95. The fraction of sp³-hybridized carbons (Fsp3) is 0.571. The van der Waals surface area contributed by atoms with Gasteiger partial charge < -0.3 is 4.98 Å². The van der Waals surface area contributed by atoms with Crippen molar-refractivity contribution in [3.8, 4) is 0 Å². The van der Waals surface area contributed by atoms with Crippen molar-refractivity contribution in [2.75, 3.05) is 0 Å². The molecule has 1 aliphatic rings. The molecule has 0 bridgehead atoms. The van der Waals surface area contributed by atoms with Gasteiger partial charge in [-0.15, -0.1) is 11.3 Å². The molecule has 2 heterocycles. The number of aryl methyl sites for hydroxylation is 1. The van der Waals surface area contributed by atoms with Crippen LogP contribution in [-0.2, 0) is 12.8 Å². The highest BCUT2D eigenvalue weighted by atomic mass is 32.1. The van der Waals surface area contributed by atoms with Gasteiger partial charge in [-0.2, -0.15) is 0 Å². The van der Waals surface area contributed by atoms with Crippen molar-refractivity contribution in [2.24, 2.45) is 11.3 Å². The molecule has 0 saturated heterocycles. The molecule has 2 N–H and O–H groups in total. The molecule has 0 radical (unpaired) electrons. The van der Waals surface area contributed by atoms with Crippen molar-refractivity contribution in [2.45, 2.75) is 40.0 Å². The van der Waals surface area contributed by atoms with Crippen molar-refractivity contribution < 1.29 is 0 Å². The van der Waals surface area contributed by atoms with Crippen LogP contribution in [0.3, 0.4) is 0 Å². The fourth-order valence-corrected chi connectivity index (χ4v) is 4.54. The number of aromatic nitrogens is 2. The molecule has 102 valence electrons. The highest BCUT2D eigenvalue weighted by Crippen LogP contribution is 2.41. The molecule has 5 heteroatoms. The van der Waals surface area contributed by atoms with Crippen LogP contribution in [0.15, 0.2) is 4.79 Å². The molecule has 0 saturated carbocycles. The van der Waals surface area contributed by atoms with E-state index in [2.05, 4.69) is 30.7 Å². The summed E-state index contributed by atoms with van der Waals surface area (Å²) < 4.78 is 0.420. The largest absolute Gasteiger partial charge is 0.323 e. The number of hydrogen-bond donors (Lipinski definition) is 2. The van der Waals surface area contributed by atoms with Crippen LogP contribution in [0.1, 0.15) is 37.6 Å². The van der Waals surface area contributed by atoms with Gasteiger partial charge in [0.05, 0.1) is 5.39 Å². The van der Waals surface area contributed by atoms with E-state index in [4.69, 9.17) is 12.2 Å². The quantitative estimate of drug-likeness (QED) is 0.726. The van der Waals surface area contributed by atoms with E-state index in [9.17, 15) is 4.79 Å². The summed E-state index contributed by atoms with van der Waals surface area (Å²) >= 11 is 6.75. The van der Waals surface area contributed by atoms with Gasteiger partial charge in [-0.3, -0.25) is 9.78 Å². The average molecular weight is 294 g/mol. The Morgan fingerprint density at radius 3 is 2.74 bits per heavy atom. The molecule has 0 spiro atoms. The molecule has 0 fully saturated rings. The van der Waals surface area contributed by atoms with E-state index in [1.54, 1.807) is 11.3 Å². The van der Waals surface area contributed by atoms with Crippen molar-refractivity contribution in [3.63, 3.8) is 0 Å². The molecular weight excluding hydrogens is 276 g/mol. The highest BCUT2D eigenvalue weighted by molar-refractivity contribution is 7.71. The van der Waals surface area contributed by atoms with E-state index < -0.39 is 0 Å². The number of rotatable bonds is 0. The van der Waals surface area contributed by atoms with E-state index in [1.165, 1.54) is 10.4 Å². The number of hydrogen-bond acceptors (Lipinski definition) is 3. The van der Waals surface area contributed by atoms with Crippen molar-refractivity contribution in [1.29, 1.82) is 0 Å². The van der Waals surface area contributed by atoms with Gasteiger partial charge >= 0.3 is 0 Å². The molecule has 0 unspecified atom stereocenters. The smallest absolute Gasteiger partial charge is 0.260 e. The number of aromatic amines is 2. The Bertz CT molecular complexity index is 745. The summed E-state index contributed by atoms with van der Waals surface area (Å²) in [6.45, 7) is 6.91. The Hall–Kier alpha value is -0.940. The van der Waals surface area contributed by atoms with Crippen LogP contribution in [0.2, 0.25) is 0 Å². The average Bonchev–Trinajstić information content (AvgIpc) is 2.64. The van der Waals surface area contributed by atoms with Gasteiger partial charge in [0.15, 0.2) is 4.77 Å². The minimum atomic E-state index is -0.0366. The second-order valence-corrected chi connectivity index (χ2v) is 7.94. The van der Waals surface area contributed by atoms with E-state index in [1.807, 2.05) is 0 Å². The first kappa shape index (κ1) is 13.1. The van der Waals surface area contributed by atoms with Crippen LogP contribution >= 0.6 is 23.6 Å². The monoisotopic (exact) mass is 294 g/mol. The maximum Gasteiger partial charge on any atom is 0.260 e. The first-order valence-corrected chi connectivity index (χ1v) is 7.85. The lowest BCUT2D eigenvalue weighted by atomic mass is 9.72. The zero-order chi connectivity index (χ0) is 13.8. The SMILES string of the molecule is CC(C)(C)[C@H]1CCc2c(sc3[nH]c(=S)[nH]c(=O)c23)C1. The Morgan fingerprint density at radius 1 is 1.32 bits per heavy atom. The molecule has 0 amide bonds. The number of thiophene rings is 1. The van der Waals surface area contributed by atoms with E-state index in [-0.39, 0.29) is 5.56 Å². The molecule has 2 aromatic heterocycles. The summed E-state index contributed by atoms with van der Waals surface area (Å²) in [7, 11) is 0. The van der Waals surface area contributed by atoms with Crippen LogP contribution in [0, 0.1) is 16.1 Å². The maximum absolute atomic E-state index is 12.1. The molecule has 2 aromatic rings. The van der Waals surface area contributed by atoms with Crippen LogP contribution < -0.4 is 5.56 Å². The normalized spacial score (nSPS) is 19.6. The molecule has 19 heavy (non-hydrogen) atoms. The summed E-state index contributed by atoms with van der Waals surface area (Å²) in [5, 5.41) is 0.834. The lowest BCUT2D eigenvalue weighted by molar-refractivity contribution is 0.218. The number of fused-ring (bicyclic) bond motifs is 3. The number of nitrogens with one attached hydrogen (secondary N) is 2. The van der Waals surface area contributed by atoms with Crippen LogP contribution in [0.25, 0.3) is 10.2 Å². The van der Waals surface area contributed by atoms with Gasteiger partial charge in [-0.05, 0) is 48.4 Å². The third-order valence-electron chi connectivity index (χ3n) is 4.17. The van der Waals surface area contributed by atoms with Crippen LogP contribution in [0.5, 0.6) is 0 Å². The lowest BCUT2D eigenvalue weighted by Crippen LogP contribution is -2.26. The summed E-state index contributed by atoms with van der Waals surface area (Å²) in [5.74, 6) is 0.690. The van der Waals surface area contributed by atoms with Crippen LogP contribution in [0.4, 0.5) is 0 Å². The standard InChI is InChI=1S/C14H18N2OS2/c1-14(2,3)7-4-5-8-9(6-7)19-12-10(8)11(17)15-13(18)16-12/h7H,4-6H2,1-3H3,(H2,15,16,17,18)/t7-/m0/s1. The topological polar surface area (TPSA) is 48.6 Å². The van der Waals surface area contributed by atoms with Gasteiger partial charge in [-0.1, -0.05) is 20.8 Å². The van der Waals surface area contributed by atoms with Gasteiger partial charge in [0.25, 0.3) is 5.56 Å². The van der Waals surface area contributed by atoms with Gasteiger partial charge in [-0.25, -0.2) is 0 Å². The molecule has 0 aliphatic heterocycles. The second kappa shape index (κ2) is 4.28. The Labute approximate surface area is 121 Å². The molecule has 1 aliphatic carbocycles. The van der Waals surface area contributed by atoms with Crippen molar-refractivity contribution >= 4 is 33.8 Å². The molecule has 3 nitrogen and oxygen atoms in total. The van der Waals surface area contributed by atoms with Crippen LogP contribution in [-0.4, -0.2) is 9.97 Å². The van der Waals surface area contributed by atoms with Gasteiger partial charge in [0.2, 0.25) is 0 Å². The van der Waals surface area contributed by atoms with E-state index >= 15 is 0 Å². The predicted octanol–water partition coefficient (Wildman–Crippen LogP) is 3.80. The van der Waals surface area contributed by atoms with Gasteiger partial charge in [0, 0.05) is 4.88 Å². The maximum atomic E-state index is 12.1. The van der Waals surface area contributed by atoms with Crippen molar-refractivity contribution in [3.05, 3.63) is 25.6 Å². The second-order valence-electron chi connectivity index (χ2n) is 6.42. The summed E-state index contributed by atoms with van der Waals surface area (Å²) in [5.41, 5.74) is 1.53. The van der Waals surface area contributed by atoms with Crippen molar-refractivity contribution in [1.82, 2.24) is 9.97 Å². The molecule has 0 aromatic carbocycles. The predicted molar refractivity (Wildman–Crippen MR) is 82.6 cm³/mol. The molecule has 1 atom stereocenters. The number of H-pyrrole nitrogens is 2. The Balaban J connectivity index is 2.16. The molecular formula is C14H18N2OS2. The minimum absolute atomic E-state index is 0.0366. The van der Waals surface area contributed by atoms with E-state index in [0.717, 1.165) is 29.5 Å². The third kappa shape index (κ3) is 2.19. The summed E-state index contributed by atoms with van der Waals surface area (Å²) in [4.78, 5) is 20.2. The van der Waals surface area contributed by atoms with Gasteiger partial charge in [0.1, 0.15) is 4.83 Å². The lowest BCUT2D eigenvalue weighted by Gasteiger charge is -2.33. The minimum Gasteiger partial charge on any atom is -0.323 e. The first-order valence-electron chi connectivity index (χ1n) is 6.63. The first-order chi connectivity index (χ1) is 8.86.